The molecule has 1 amide bonds. The molecule has 4 heteroatoms. The number of carbonyl (C=O) groups is 1. The topological polar surface area (TPSA) is 46.3 Å². The Morgan fingerprint density at radius 3 is 2.76 bits per heavy atom. The lowest BCUT2D eigenvalue weighted by molar-refractivity contribution is 0.0788. The molecular formula is C17H19FN2O. The highest BCUT2D eigenvalue weighted by molar-refractivity contribution is 6.07. The summed E-state index contributed by atoms with van der Waals surface area (Å²) < 4.78 is 13.8. The van der Waals surface area contributed by atoms with E-state index in [1.54, 1.807) is 24.3 Å². The number of nitrogens with zero attached hydrogens (tertiary/aromatic N) is 1. The molecule has 1 aliphatic rings. The van der Waals surface area contributed by atoms with Gasteiger partial charge in [0.05, 0.1) is 0 Å². The molecule has 1 saturated heterocycles. The first-order valence-electron chi connectivity index (χ1n) is 7.37. The highest BCUT2D eigenvalue weighted by atomic mass is 19.1. The van der Waals surface area contributed by atoms with E-state index in [1.807, 2.05) is 11.0 Å². The highest BCUT2D eigenvalue weighted by Crippen LogP contribution is 2.26. The zero-order valence-corrected chi connectivity index (χ0v) is 11.9. The quantitative estimate of drug-likeness (QED) is 0.943. The molecule has 0 spiro atoms. The van der Waals surface area contributed by atoms with Crippen molar-refractivity contribution in [2.24, 2.45) is 11.7 Å². The number of hydrogen-bond donors (Lipinski definition) is 1. The van der Waals surface area contributed by atoms with Gasteiger partial charge in [-0.3, -0.25) is 4.79 Å². The monoisotopic (exact) mass is 286 g/mol. The third-order valence-corrected chi connectivity index (χ3v) is 4.25. The Hall–Kier alpha value is -1.94. The first kappa shape index (κ1) is 14.0. The van der Waals surface area contributed by atoms with Gasteiger partial charge < -0.3 is 10.6 Å². The zero-order chi connectivity index (χ0) is 14.8. The number of amides is 1. The predicted molar refractivity (Wildman–Crippen MR) is 81.6 cm³/mol. The van der Waals surface area contributed by atoms with Gasteiger partial charge in [-0.05, 0) is 42.8 Å². The maximum atomic E-state index is 13.8. The molecule has 3 nitrogen and oxygen atoms in total. The molecule has 110 valence electrons. The molecule has 1 unspecified atom stereocenters. The van der Waals surface area contributed by atoms with Gasteiger partial charge in [-0.25, -0.2) is 4.39 Å². The molecule has 3 rings (SSSR count). The number of rotatable bonds is 3. The Bertz CT molecular complexity index is 671. The van der Waals surface area contributed by atoms with Crippen LogP contribution in [0.1, 0.15) is 23.2 Å². The molecule has 0 radical (unpaired) electrons. The van der Waals surface area contributed by atoms with Gasteiger partial charge in [0, 0.05) is 24.0 Å². The number of nitrogens with two attached hydrogens (primary N) is 1. The fourth-order valence-corrected chi connectivity index (χ4v) is 3.11. The Kier molecular flexibility index (Phi) is 3.88. The van der Waals surface area contributed by atoms with Gasteiger partial charge in [0.2, 0.25) is 0 Å². The fraction of sp³-hybridized carbons (Fsp3) is 0.353. The Labute approximate surface area is 123 Å². The highest BCUT2D eigenvalue weighted by Gasteiger charge is 2.27. The van der Waals surface area contributed by atoms with Gasteiger partial charge in [-0.2, -0.15) is 0 Å². The van der Waals surface area contributed by atoms with Gasteiger partial charge in [0.15, 0.2) is 0 Å². The first-order chi connectivity index (χ1) is 10.2. The third-order valence-electron chi connectivity index (χ3n) is 4.25. The molecule has 1 aliphatic heterocycles. The lowest BCUT2D eigenvalue weighted by atomic mass is 10.0. The smallest absolute Gasteiger partial charge is 0.254 e. The minimum absolute atomic E-state index is 0.00859. The summed E-state index contributed by atoms with van der Waals surface area (Å²) in [6.07, 6.45) is 1.95. The summed E-state index contributed by atoms with van der Waals surface area (Å²) in [5.74, 6) is 0.195. The van der Waals surface area contributed by atoms with Gasteiger partial charge in [0.1, 0.15) is 5.82 Å². The molecule has 2 aromatic rings. The van der Waals surface area contributed by atoms with Crippen LogP contribution in [0.25, 0.3) is 10.8 Å². The summed E-state index contributed by atoms with van der Waals surface area (Å²) in [5, 5.41) is 1.19. The lowest BCUT2D eigenvalue weighted by Crippen LogP contribution is -2.29. The van der Waals surface area contributed by atoms with Crippen molar-refractivity contribution in [3.8, 4) is 0 Å². The summed E-state index contributed by atoms with van der Waals surface area (Å²) in [4.78, 5) is 14.6. The van der Waals surface area contributed by atoms with Gasteiger partial charge in [-0.1, -0.05) is 24.3 Å². The SMILES string of the molecule is NCCC1CCN(C(=O)c2ccc(F)c3ccccc23)C1. The minimum Gasteiger partial charge on any atom is -0.338 e. The largest absolute Gasteiger partial charge is 0.338 e. The molecule has 0 bridgehead atoms. The standard InChI is InChI=1S/C17H19FN2O/c18-16-6-5-15(13-3-1-2-4-14(13)16)17(21)20-10-8-12(11-20)7-9-19/h1-6,12H,7-11,19H2. The maximum Gasteiger partial charge on any atom is 0.254 e. The van der Waals surface area contributed by atoms with Crippen molar-refractivity contribution in [1.29, 1.82) is 0 Å². The van der Waals surface area contributed by atoms with E-state index < -0.39 is 0 Å². The molecule has 0 saturated carbocycles. The van der Waals surface area contributed by atoms with Crippen LogP contribution in [0.15, 0.2) is 36.4 Å². The van der Waals surface area contributed by atoms with Gasteiger partial charge >= 0.3 is 0 Å². The van der Waals surface area contributed by atoms with Crippen LogP contribution in [0.4, 0.5) is 4.39 Å². The molecule has 0 aliphatic carbocycles. The van der Waals surface area contributed by atoms with E-state index in [2.05, 4.69) is 0 Å². The summed E-state index contributed by atoms with van der Waals surface area (Å²) in [6, 6.07) is 10.1. The molecule has 1 fully saturated rings. The van der Waals surface area contributed by atoms with Crippen LogP contribution in [0.2, 0.25) is 0 Å². The van der Waals surface area contributed by atoms with Crippen LogP contribution in [-0.4, -0.2) is 30.4 Å². The normalized spacial score (nSPS) is 18.4. The summed E-state index contributed by atoms with van der Waals surface area (Å²) >= 11 is 0. The maximum absolute atomic E-state index is 13.8. The van der Waals surface area contributed by atoms with E-state index in [-0.39, 0.29) is 11.7 Å². The lowest BCUT2D eigenvalue weighted by Gasteiger charge is -2.18. The van der Waals surface area contributed by atoms with Crippen molar-refractivity contribution in [2.75, 3.05) is 19.6 Å². The van der Waals surface area contributed by atoms with Gasteiger partial charge in [0.25, 0.3) is 5.91 Å². The van der Waals surface area contributed by atoms with Crippen LogP contribution in [0.5, 0.6) is 0 Å². The number of likely N-dealkylation sites (tertiary alicyclic amines) is 1. The van der Waals surface area contributed by atoms with Crippen LogP contribution in [0.3, 0.4) is 0 Å². The molecule has 2 N–H and O–H groups in total. The van der Waals surface area contributed by atoms with E-state index in [0.29, 0.717) is 28.8 Å². The number of carbonyl (C=O) groups excluding carboxylic acids is 1. The first-order valence-corrected chi connectivity index (χ1v) is 7.37. The Balaban J connectivity index is 1.91. The minimum atomic E-state index is -0.287. The third kappa shape index (κ3) is 2.63. The number of hydrogen-bond acceptors (Lipinski definition) is 2. The van der Waals surface area contributed by atoms with E-state index in [4.69, 9.17) is 5.73 Å². The average Bonchev–Trinajstić information content (AvgIpc) is 2.96. The number of halogens is 1. The second-order valence-corrected chi connectivity index (χ2v) is 5.62. The zero-order valence-electron chi connectivity index (χ0n) is 11.9. The molecule has 2 aromatic carbocycles. The Morgan fingerprint density at radius 1 is 1.24 bits per heavy atom. The summed E-state index contributed by atoms with van der Waals surface area (Å²) in [5.41, 5.74) is 6.17. The van der Waals surface area contributed by atoms with E-state index in [0.717, 1.165) is 25.9 Å². The molecule has 0 aromatic heterocycles. The van der Waals surface area contributed by atoms with Crippen molar-refractivity contribution < 1.29 is 9.18 Å². The summed E-state index contributed by atoms with van der Waals surface area (Å²) in [6.45, 7) is 2.17. The summed E-state index contributed by atoms with van der Waals surface area (Å²) in [7, 11) is 0. The van der Waals surface area contributed by atoms with E-state index in [9.17, 15) is 9.18 Å². The van der Waals surface area contributed by atoms with Crippen molar-refractivity contribution in [3.63, 3.8) is 0 Å². The number of fused-ring (bicyclic) bond motifs is 1. The fourth-order valence-electron chi connectivity index (χ4n) is 3.11. The van der Waals surface area contributed by atoms with Crippen LogP contribution >= 0.6 is 0 Å². The predicted octanol–water partition coefficient (Wildman–Crippen LogP) is 2.79. The second-order valence-electron chi connectivity index (χ2n) is 5.62. The van der Waals surface area contributed by atoms with Crippen LogP contribution < -0.4 is 5.73 Å². The van der Waals surface area contributed by atoms with E-state index in [1.165, 1.54) is 6.07 Å². The van der Waals surface area contributed by atoms with E-state index >= 15 is 0 Å². The van der Waals surface area contributed by atoms with Crippen molar-refractivity contribution in [1.82, 2.24) is 4.90 Å². The number of benzene rings is 2. The second kappa shape index (κ2) is 5.82. The molecule has 1 heterocycles. The average molecular weight is 286 g/mol. The molecule has 21 heavy (non-hydrogen) atoms. The van der Waals surface area contributed by atoms with Crippen LogP contribution in [0, 0.1) is 11.7 Å². The van der Waals surface area contributed by atoms with Crippen molar-refractivity contribution in [2.45, 2.75) is 12.8 Å². The van der Waals surface area contributed by atoms with Gasteiger partial charge in [-0.15, -0.1) is 0 Å². The Morgan fingerprint density at radius 2 is 2.00 bits per heavy atom. The van der Waals surface area contributed by atoms with Crippen LogP contribution in [-0.2, 0) is 0 Å². The van der Waals surface area contributed by atoms with Crippen molar-refractivity contribution in [3.05, 3.63) is 47.8 Å². The molecule has 1 atom stereocenters. The molecular weight excluding hydrogens is 267 g/mol. The van der Waals surface area contributed by atoms with Crippen molar-refractivity contribution >= 4 is 16.7 Å².